The van der Waals surface area contributed by atoms with Gasteiger partial charge in [-0.15, -0.1) is 0 Å². The molecule has 7 heteroatoms. The first kappa shape index (κ1) is 25.6. The quantitative estimate of drug-likeness (QED) is 0.497. The van der Waals surface area contributed by atoms with Crippen LogP contribution in [0.3, 0.4) is 0 Å². The average molecular weight is 486 g/mol. The summed E-state index contributed by atoms with van der Waals surface area (Å²) in [5, 5.41) is 3.73. The number of hydrogen-bond donors (Lipinski definition) is 1. The highest BCUT2D eigenvalue weighted by Crippen LogP contribution is 2.42. The summed E-state index contributed by atoms with van der Waals surface area (Å²) in [6.07, 6.45) is 0. The molecule has 0 saturated carbocycles. The largest absolute Gasteiger partial charge is 0.460 e. The molecule has 0 amide bonds. The molecule has 0 aliphatic carbocycles. The molecule has 6 nitrogen and oxygen atoms in total. The molecule has 34 heavy (non-hydrogen) atoms. The normalized spacial score (nSPS) is 15.3. The van der Waals surface area contributed by atoms with Crippen LogP contribution in [0.25, 0.3) is 11.3 Å². The molecule has 182 valence electrons. The monoisotopic (exact) mass is 485 g/mol. The van der Waals surface area contributed by atoms with Crippen LogP contribution in [0.15, 0.2) is 63.4 Å². The molecular formula is C27H32ClNO5. The van der Waals surface area contributed by atoms with E-state index in [1.807, 2.05) is 12.1 Å². The number of hydrogen-bond acceptors (Lipinski definition) is 6. The summed E-state index contributed by atoms with van der Waals surface area (Å²) < 4.78 is 17.6. The second-order valence-electron chi connectivity index (χ2n) is 10.4. The van der Waals surface area contributed by atoms with E-state index in [1.165, 1.54) is 0 Å². The summed E-state index contributed by atoms with van der Waals surface area (Å²) in [6.45, 7) is 14.3. The zero-order valence-electron chi connectivity index (χ0n) is 21.0. The molecule has 1 N–H and O–H groups in total. The third kappa shape index (κ3) is 5.92. The van der Waals surface area contributed by atoms with Gasteiger partial charge in [-0.05, 0) is 79.7 Å². The Morgan fingerprint density at radius 2 is 1.41 bits per heavy atom. The van der Waals surface area contributed by atoms with E-state index in [0.29, 0.717) is 39.1 Å². The Kier molecular flexibility index (Phi) is 7.04. The van der Waals surface area contributed by atoms with Crippen LogP contribution in [-0.2, 0) is 19.1 Å². The predicted molar refractivity (Wildman–Crippen MR) is 132 cm³/mol. The number of carbonyl (C=O) groups excluding carboxylic acids is 2. The Labute approximate surface area is 206 Å². The fraction of sp³-hybridized carbons (Fsp3) is 0.407. The van der Waals surface area contributed by atoms with Crippen molar-refractivity contribution in [2.45, 2.75) is 72.5 Å². The van der Waals surface area contributed by atoms with Gasteiger partial charge in [0.15, 0.2) is 0 Å². The van der Waals surface area contributed by atoms with Gasteiger partial charge in [0.05, 0.1) is 17.1 Å². The fourth-order valence-electron chi connectivity index (χ4n) is 3.79. The van der Waals surface area contributed by atoms with Crippen molar-refractivity contribution in [2.75, 3.05) is 0 Å². The van der Waals surface area contributed by atoms with Crippen molar-refractivity contribution in [1.29, 1.82) is 0 Å². The average Bonchev–Trinajstić information content (AvgIpc) is 3.14. The van der Waals surface area contributed by atoms with Gasteiger partial charge >= 0.3 is 11.9 Å². The minimum absolute atomic E-state index is 0.299. The number of nitrogens with one attached hydrogen (secondary N) is 1. The van der Waals surface area contributed by atoms with Crippen LogP contribution in [0.5, 0.6) is 0 Å². The Bertz CT molecular complexity index is 1120. The number of furan rings is 1. The van der Waals surface area contributed by atoms with Gasteiger partial charge in [0, 0.05) is 22.0 Å². The molecule has 3 rings (SSSR count). The summed E-state index contributed by atoms with van der Waals surface area (Å²) >= 11 is 6.15. The number of carbonyl (C=O) groups is 2. The predicted octanol–water partition coefficient (Wildman–Crippen LogP) is 6.52. The van der Waals surface area contributed by atoms with E-state index >= 15 is 0 Å². The Balaban J connectivity index is 2.15. The topological polar surface area (TPSA) is 77.8 Å². The van der Waals surface area contributed by atoms with Crippen molar-refractivity contribution in [3.8, 4) is 11.3 Å². The van der Waals surface area contributed by atoms with Crippen LogP contribution in [-0.4, -0.2) is 23.1 Å². The zero-order valence-corrected chi connectivity index (χ0v) is 21.7. The molecule has 2 heterocycles. The van der Waals surface area contributed by atoms with Gasteiger partial charge in [0.1, 0.15) is 22.7 Å². The van der Waals surface area contributed by atoms with E-state index < -0.39 is 29.1 Å². The first-order chi connectivity index (χ1) is 15.7. The smallest absolute Gasteiger partial charge is 0.337 e. The van der Waals surface area contributed by atoms with E-state index in [0.717, 1.165) is 5.56 Å². The van der Waals surface area contributed by atoms with Crippen LogP contribution in [0, 0.1) is 0 Å². The van der Waals surface area contributed by atoms with Crippen molar-refractivity contribution in [3.63, 3.8) is 0 Å². The maximum atomic E-state index is 13.3. The Morgan fingerprint density at radius 1 is 0.882 bits per heavy atom. The lowest BCUT2D eigenvalue weighted by Gasteiger charge is -2.32. The first-order valence-electron chi connectivity index (χ1n) is 11.2. The number of ether oxygens (including phenoxy) is 2. The van der Waals surface area contributed by atoms with Crippen LogP contribution in [0.4, 0.5) is 0 Å². The highest BCUT2D eigenvalue weighted by Gasteiger charge is 2.41. The summed E-state index contributed by atoms with van der Waals surface area (Å²) in [6, 6.07) is 10.8. The molecule has 1 aromatic heterocycles. The summed E-state index contributed by atoms with van der Waals surface area (Å²) in [4.78, 5) is 26.7. The molecule has 1 aliphatic rings. The van der Waals surface area contributed by atoms with Crippen LogP contribution in [0.1, 0.15) is 67.1 Å². The third-order valence-electron chi connectivity index (χ3n) is 5.02. The lowest BCUT2D eigenvalue weighted by molar-refractivity contribution is -0.151. The number of benzene rings is 1. The molecule has 0 unspecified atom stereocenters. The molecule has 0 saturated heterocycles. The molecule has 0 radical (unpaired) electrons. The van der Waals surface area contributed by atoms with Crippen molar-refractivity contribution < 1.29 is 23.5 Å². The number of rotatable bonds is 4. The highest BCUT2D eigenvalue weighted by atomic mass is 35.5. The van der Waals surface area contributed by atoms with Gasteiger partial charge in [-0.3, -0.25) is 0 Å². The lowest BCUT2D eigenvalue weighted by Crippen LogP contribution is -2.36. The molecule has 0 spiro atoms. The molecule has 0 atom stereocenters. The van der Waals surface area contributed by atoms with Crippen molar-refractivity contribution in [1.82, 2.24) is 5.32 Å². The number of halogens is 1. The van der Waals surface area contributed by atoms with Crippen LogP contribution in [0.2, 0.25) is 5.02 Å². The van der Waals surface area contributed by atoms with Gasteiger partial charge in [0.25, 0.3) is 0 Å². The van der Waals surface area contributed by atoms with Crippen molar-refractivity contribution in [3.05, 3.63) is 69.7 Å². The van der Waals surface area contributed by atoms with Gasteiger partial charge < -0.3 is 19.2 Å². The molecule has 2 aromatic rings. The van der Waals surface area contributed by atoms with E-state index in [-0.39, 0.29) is 0 Å². The first-order valence-corrected chi connectivity index (χ1v) is 11.5. The van der Waals surface area contributed by atoms with Gasteiger partial charge in [0.2, 0.25) is 0 Å². The maximum absolute atomic E-state index is 13.3. The van der Waals surface area contributed by atoms with E-state index in [9.17, 15) is 9.59 Å². The van der Waals surface area contributed by atoms with Crippen molar-refractivity contribution in [2.24, 2.45) is 0 Å². The maximum Gasteiger partial charge on any atom is 0.337 e. The van der Waals surface area contributed by atoms with Crippen molar-refractivity contribution >= 4 is 23.5 Å². The second kappa shape index (κ2) is 9.34. The molecule has 1 aromatic carbocycles. The summed E-state index contributed by atoms with van der Waals surface area (Å²) in [7, 11) is 0. The SMILES string of the molecule is CC1=C(C(=O)OC(C)(C)C)C(c2ccc(-c3cccc(Cl)c3)o2)C(C(=O)OC(C)(C)C)=C(C)N1. The lowest BCUT2D eigenvalue weighted by atomic mass is 9.83. The standard InChI is InChI=1S/C27H32ClNO5/c1-15-21(24(30)33-26(3,4)5)23(22(16(2)29-15)25(31)34-27(6,7)8)20-13-12-19(32-20)17-10-9-11-18(28)14-17/h9-14,23,29H,1-8H3. The Morgan fingerprint density at radius 3 is 1.88 bits per heavy atom. The number of esters is 2. The molecular weight excluding hydrogens is 454 g/mol. The minimum atomic E-state index is -0.807. The zero-order chi connectivity index (χ0) is 25.4. The molecule has 1 aliphatic heterocycles. The van der Waals surface area contributed by atoms with Crippen LogP contribution < -0.4 is 5.32 Å². The summed E-state index contributed by atoms with van der Waals surface area (Å²) in [5.74, 6) is -0.872. The number of allylic oxidation sites excluding steroid dienone is 2. The second-order valence-corrected chi connectivity index (χ2v) is 10.8. The van der Waals surface area contributed by atoms with Gasteiger partial charge in [-0.2, -0.15) is 0 Å². The number of dihydropyridines is 1. The van der Waals surface area contributed by atoms with E-state index in [2.05, 4.69) is 5.32 Å². The van der Waals surface area contributed by atoms with Crippen LogP contribution >= 0.6 is 11.6 Å². The van der Waals surface area contributed by atoms with E-state index in [1.54, 1.807) is 79.7 Å². The minimum Gasteiger partial charge on any atom is -0.460 e. The highest BCUT2D eigenvalue weighted by molar-refractivity contribution is 6.30. The summed E-state index contributed by atoms with van der Waals surface area (Å²) in [5.41, 5.74) is 1.13. The van der Waals surface area contributed by atoms with Gasteiger partial charge in [-0.25, -0.2) is 9.59 Å². The third-order valence-corrected chi connectivity index (χ3v) is 5.25. The Hall–Kier alpha value is -2.99. The molecule has 0 bridgehead atoms. The van der Waals surface area contributed by atoms with E-state index in [4.69, 9.17) is 25.5 Å². The molecule has 0 fully saturated rings. The fourth-order valence-corrected chi connectivity index (χ4v) is 3.98. The van der Waals surface area contributed by atoms with Gasteiger partial charge in [-0.1, -0.05) is 23.7 Å².